The van der Waals surface area contributed by atoms with Gasteiger partial charge in [0.15, 0.2) is 0 Å². The molecule has 228 valence electrons. The molecule has 10 heteroatoms. The third kappa shape index (κ3) is 65.1. The third-order valence-electron chi connectivity index (χ3n) is 3.99. The number of carbonyl (C=O) groups excluding carboxylic acids is 2. The molecular formula is C28H60O8SiSn. The first-order valence-electron chi connectivity index (χ1n) is 14.0. The van der Waals surface area contributed by atoms with E-state index in [1.807, 2.05) is 27.7 Å². The fourth-order valence-electron chi connectivity index (χ4n) is 2.52. The summed E-state index contributed by atoms with van der Waals surface area (Å²) < 4.78 is 21.7. The van der Waals surface area contributed by atoms with Gasteiger partial charge in [-0.3, -0.25) is 0 Å². The summed E-state index contributed by atoms with van der Waals surface area (Å²) in [6, 6.07) is 0. The summed E-state index contributed by atoms with van der Waals surface area (Å²) in [6.45, 7) is 23.8. The van der Waals surface area contributed by atoms with Crippen LogP contribution in [-0.4, -0.2) is 71.3 Å². The van der Waals surface area contributed by atoms with Crippen LogP contribution < -0.4 is 10.2 Å². The van der Waals surface area contributed by atoms with Crippen LogP contribution in [-0.2, 0) is 27.3 Å². The molecule has 0 saturated heterocycles. The van der Waals surface area contributed by atoms with Crippen LogP contribution in [0, 0.1) is 13.8 Å². The zero-order chi connectivity index (χ0) is 29.8. The van der Waals surface area contributed by atoms with Gasteiger partial charge in [-0.15, -0.1) is 0 Å². The predicted octanol–water partition coefficient (Wildman–Crippen LogP) is 5.06. The van der Waals surface area contributed by atoms with Gasteiger partial charge >= 0.3 is 33.0 Å². The Hall–Kier alpha value is -0.204. The molecule has 0 heterocycles. The molecular weight excluding hydrogens is 611 g/mol. The van der Waals surface area contributed by atoms with E-state index >= 15 is 0 Å². The van der Waals surface area contributed by atoms with E-state index in [9.17, 15) is 0 Å². The Kier molecular flexibility index (Phi) is 62.1. The number of carbonyl (C=O) groups is 2. The molecule has 0 saturated carbocycles. The molecule has 0 N–H and O–H groups in total. The Labute approximate surface area is 254 Å². The minimum Gasteiger partial charge on any atom is -0.550 e. The molecule has 4 radical (unpaired) electrons. The van der Waals surface area contributed by atoms with E-state index in [1.165, 1.54) is 64.2 Å². The fraction of sp³-hybridized carbons (Fsp3) is 0.857. The zero-order valence-electron chi connectivity index (χ0n) is 26.0. The molecule has 0 rings (SSSR count). The number of carboxylic acids is 2. The summed E-state index contributed by atoms with van der Waals surface area (Å²) in [4.78, 5) is 17.8. The molecule has 0 unspecified atom stereocenters. The minimum absolute atomic E-state index is 0. The maximum absolute atomic E-state index is 8.89. The summed E-state index contributed by atoms with van der Waals surface area (Å²) >= 11 is 0. The predicted molar refractivity (Wildman–Crippen MR) is 157 cm³/mol. The Morgan fingerprint density at radius 2 is 0.763 bits per heavy atom. The quantitative estimate of drug-likeness (QED) is 0.147. The SMILES string of the molecule is CC(=O)[O-].CC(=O)[O-].CCO[Si](OCC)(OCC)OCC.[CH2]CCCCCCC.[CH2]CCCCCCC.[Sn+2]. The third-order valence-corrected chi connectivity index (χ3v) is 6.56. The first kappa shape index (κ1) is 50.6. The molecule has 0 aliphatic carbocycles. The van der Waals surface area contributed by atoms with Crippen molar-refractivity contribution in [1.82, 2.24) is 0 Å². The van der Waals surface area contributed by atoms with E-state index in [2.05, 4.69) is 27.7 Å². The van der Waals surface area contributed by atoms with E-state index < -0.39 is 21.0 Å². The molecule has 0 fully saturated rings. The average molecular weight is 672 g/mol. The summed E-state index contributed by atoms with van der Waals surface area (Å²) in [6.07, 6.45) is 16.0. The summed E-state index contributed by atoms with van der Waals surface area (Å²) in [5.74, 6) is -2.17. The number of unbranched alkanes of at least 4 members (excludes halogenated alkanes) is 10. The van der Waals surface area contributed by atoms with Crippen molar-refractivity contribution in [2.45, 2.75) is 132 Å². The Bertz CT molecular complexity index is 356. The monoisotopic (exact) mass is 672 g/mol. The van der Waals surface area contributed by atoms with Crippen LogP contribution in [0.5, 0.6) is 0 Å². The van der Waals surface area contributed by atoms with E-state index in [0.29, 0.717) is 26.4 Å². The maximum atomic E-state index is 8.89. The maximum Gasteiger partial charge on any atom is 2.00 e. The van der Waals surface area contributed by atoms with Crippen molar-refractivity contribution in [3.8, 4) is 0 Å². The van der Waals surface area contributed by atoms with Gasteiger partial charge in [-0.05, 0) is 41.5 Å². The largest absolute Gasteiger partial charge is 2.00 e. The number of carboxylic acid groups (broad SMARTS) is 2. The molecule has 0 bridgehead atoms. The van der Waals surface area contributed by atoms with Crippen molar-refractivity contribution in [2.75, 3.05) is 26.4 Å². The van der Waals surface area contributed by atoms with E-state index in [4.69, 9.17) is 37.5 Å². The minimum atomic E-state index is -2.80. The summed E-state index contributed by atoms with van der Waals surface area (Å²) in [5, 5.41) is 17.8. The van der Waals surface area contributed by atoms with Crippen molar-refractivity contribution < 1.29 is 37.5 Å². The van der Waals surface area contributed by atoms with Gasteiger partial charge in [0.05, 0.1) is 0 Å². The average Bonchev–Trinajstić information content (AvgIpc) is 2.81. The van der Waals surface area contributed by atoms with Crippen molar-refractivity contribution in [3.05, 3.63) is 13.8 Å². The second kappa shape index (κ2) is 46.6. The van der Waals surface area contributed by atoms with E-state index in [0.717, 1.165) is 26.7 Å². The zero-order valence-corrected chi connectivity index (χ0v) is 29.8. The number of rotatable bonds is 18. The van der Waals surface area contributed by atoms with Gasteiger partial charge in [0.2, 0.25) is 0 Å². The normalized spacial score (nSPS) is 9.53. The molecule has 0 atom stereocenters. The molecule has 8 nitrogen and oxygen atoms in total. The van der Waals surface area contributed by atoms with Crippen molar-refractivity contribution in [1.29, 1.82) is 0 Å². The molecule has 0 aromatic rings. The van der Waals surface area contributed by atoms with E-state index in [1.54, 1.807) is 0 Å². The van der Waals surface area contributed by atoms with Gasteiger partial charge in [-0.2, -0.15) is 0 Å². The van der Waals surface area contributed by atoms with Crippen LogP contribution >= 0.6 is 0 Å². The van der Waals surface area contributed by atoms with Crippen molar-refractivity contribution >= 4 is 44.9 Å². The smallest absolute Gasteiger partial charge is 0.550 e. The summed E-state index contributed by atoms with van der Waals surface area (Å²) in [7, 11) is -2.80. The Balaban J connectivity index is -0.0000000899. The van der Waals surface area contributed by atoms with Crippen molar-refractivity contribution in [2.24, 2.45) is 0 Å². The van der Waals surface area contributed by atoms with Crippen LogP contribution in [0.3, 0.4) is 0 Å². The molecule has 0 spiro atoms. The molecule has 38 heavy (non-hydrogen) atoms. The van der Waals surface area contributed by atoms with Crippen molar-refractivity contribution in [3.63, 3.8) is 0 Å². The van der Waals surface area contributed by atoms with Gasteiger partial charge in [0.1, 0.15) is 0 Å². The number of aliphatic carboxylic acids is 2. The van der Waals surface area contributed by atoms with Gasteiger partial charge in [0.25, 0.3) is 0 Å². The van der Waals surface area contributed by atoms with Crippen LogP contribution in [0.25, 0.3) is 0 Å². The first-order chi connectivity index (χ1) is 17.5. The molecule has 0 aromatic heterocycles. The molecule has 0 aliphatic rings. The Morgan fingerprint density at radius 1 is 0.553 bits per heavy atom. The van der Waals surface area contributed by atoms with Crippen LogP contribution in [0.15, 0.2) is 0 Å². The van der Waals surface area contributed by atoms with Gasteiger partial charge in [0, 0.05) is 38.4 Å². The first-order valence-corrected chi connectivity index (χ1v) is 15.7. The van der Waals surface area contributed by atoms with Gasteiger partial charge < -0.3 is 37.5 Å². The molecule has 0 aliphatic heterocycles. The topological polar surface area (TPSA) is 117 Å². The van der Waals surface area contributed by atoms with Crippen LogP contribution in [0.4, 0.5) is 0 Å². The molecule has 0 aromatic carbocycles. The fourth-order valence-corrected chi connectivity index (χ4v) is 4.43. The van der Waals surface area contributed by atoms with Gasteiger partial charge in [-0.1, -0.05) is 105 Å². The van der Waals surface area contributed by atoms with Crippen LogP contribution in [0.1, 0.15) is 132 Å². The number of hydrogen-bond donors (Lipinski definition) is 0. The second-order valence-electron chi connectivity index (χ2n) is 7.75. The standard InChI is InChI=1S/C8H20O4Si.2C8H17.2C2H4O2.Sn/c1-5-9-13(10-6-2,11-7-3)12-8-4;2*1-3-5-7-8-6-4-2;2*1-2(3)4;/h5-8H2,1-4H3;2*1,3-8H2,2H3;2*1H3,(H,3,4);/q;;;;;+2/p-2. The Morgan fingerprint density at radius 3 is 0.921 bits per heavy atom. The number of hydrogen-bond acceptors (Lipinski definition) is 8. The molecule has 0 amide bonds. The van der Waals surface area contributed by atoms with E-state index in [-0.39, 0.29) is 23.9 Å². The van der Waals surface area contributed by atoms with Crippen LogP contribution in [0.2, 0.25) is 0 Å². The second-order valence-corrected chi connectivity index (χ2v) is 9.91. The van der Waals surface area contributed by atoms with Gasteiger partial charge in [-0.25, -0.2) is 0 Å². The summed E-state index contributed by atoms with van der Waals surface area (Å²) in [5.41, 5.74) is 0.